The SMILES string of the molecule is COc1cc2c(cc1N1C(=O)C[C@H]3CS(=O)(=O)C[C@H]31)oc1ccccc12. The molecule has 0 spiro atoms. The molecule has 134 valence electrons. The molecule has 3 heterocycles. The number of anilines is 1. The minimum absolute atomic E-state index is 0.00469. The maximum absolute atomic E-state index is 12.6. The Bertz CT molecular complexity index is 1160. The molecule has 1 aromatic heterocycles. The van der Waals surface area contributed by atoms with Gasteiger partial charge in [-0.2, -0.15) is 0 Å². The number of amides is 1. The number of hydrogen-bond donors (Lipinski definition) is 0. The Labute approximate surface area is 150 Å². The molecule has 3 aromatic rings. The van der Waals surface area contributed by atoms with Gasteiger partial charge >= 0.3 is 0 Å². The zero-order valence-electron chi connectivity index (χ0n) is 14.1. The molecule has 0 saturated carbocycles. The molecule has 2 fully saturated rings. The fraction of sp³-hybridized carbons (Fsp3) is 0.316. The van der Waals surface area contributed by atoms with Gasteiger partial charge in [-0.1, -0.05) is 18.2 Å². The second-order valence-electron chi connectivity index (χ2n) is 6.99. The average molecular weight is 371 g/mol. The van der Waals surface area contributed by atoms with E-state index in [2.05, 4.69) is 0 Å². The fourth-order valence-electron chi connectivity index (χ4n) is 4.29. The third-order valence-corrected chi connectivity index (χ3v) is 7.20. The van der Waals surface area contributed by atoms with Crippen LogP contribution < -0.4 is 9.64 Å². The summed E-state index contributed by atoms with van der Waals surface area (Å²) in [6, 6.07) is 11.0. The van der Waals surface area contributed by atoms with Gasteiger partial charge in [-0.15, -0.1) is 0 Å². The van der Waals surface area contributed by atoms with Crippen LogP contribution in [0.3, 0.4) is 0 Å². The first-order valence-corrected chi connectivity index (χ1v) is 10.3. The smallest absolute Gasteiger partial charge is 0.227 e. The molecule has 5 rings (SSSR count). The number of rotatable bonds is 2. The lowest BCUT2D eigenvalue weighted by Crippen LogP contribution is -2.36. The van der Waals surface area contributed by atoms with Gasteiger partial charge in [-0.3, -0.25) is 4.79 Å². The molecule has 2 atom stereocenters. The van der Waals surface area contributed by atoms with E-state index >= 15 is 0 Å². The Hall–Kier alpha value is -2.54. The summed E-state index contributed by atoms with van der Waals surface area (Å²) in [4.78, 5) is 14.2. The monoisotopic (exact) mass is 371 g/mol. The van der Waals surface area contributed by atoms with E-state index in [1.165, 1.54) is 0 Å². The van der Waals surface area contributed by atoms with Crippen LogP contribution in [-0.4, -0.2) is 39.0 Å². The highest BCUT2D eigenvalue weighted by Gasteiger charge is 2.50. The van der Waals surface area contributed by atoms with Crippen molar-refractivity contribution in [2.45, 2.75) is 12.5 Å². The molecule has 7 heteroatoms. The lowest BCUT2D eigenvalue weighted by Gasteiger charge is -2.25. The van der Waals surface area contributed by atoms with Crippen LogP contribution in [0.15, 0.2) is 40.8 Å². The van der Waals surface area contributed by atoms with Crippen LogP contribution in [0.5, 0.6) is 5.75 Å². The van der Waals surface area contributed by atoms with Crippen LogP contribution >= 0.6 is 0 Å². The summed E-state index contributed by atoms with van der Waals surface area (Å²) >= 11 is 0. The van der Waals surface area contributed by atoms with E-state index in [1.54, 1.807) is 18.1 Å². The lowest BCUT2D eigenvalue weighted by molar-refractivity contribution is -0.117. The van der Waals surface area contributed by atoms with Crippen molar-refractivity contribution in [1.82, 2.24) is 0 Å². The van der Waals surface area contributed by atoms with Gasteiger partial charge in [0.05, 0.1) is 30.3 Å². The summed E-state index contributed by atoms with van der Waals surface area (Å²) < 4.78 is 35.5. The molecule has 2 aromatic carbocycles. The molecule has 0 bridgehead atoms. The summed E-state index contributed by atoms with van der Waals surface area (Å²) in [6.07, 6.45) is 0.255. The average Bonchev–Trinajstić information content (AvgIpc) is 3.19. The first-order chi connectivity index (χ1) is 12.5. The van der Waals surface area contributed by atoms with Crippen molar-refractivity contribution in [3.8, 4) is 5.75 Å². The highest BCUT2D eigenvalue weighted by molar-refractivity contribution is 7.91. The number of benzene rings is 2. The lowest BCUT2D eigenvalue weighted by atomic mass is 10.0. The predicted octanol–water partition coefficient (Wildman–Crippen LogP) is 2.74. The quantitative estimate of drug-likeness (QED) is 0.692. The second kappa shape index (κ2) is 5.23. The molecule has 0 aliphatic carbocycles. The third kappa shape index (κ3) is 2.16. The summed E-state index contributed by atoms with van der Waals surface area (Å²) in [5, 5.41) is 1.88. The topological polar surface area (TPSA) is 76.8 Å². The van der Waals surface area contributed by atoms with Gasteiger partial charge in [0.25, 0.3) is 0 Å². The summed E-state index contributed by atoms with van der Waals surface area (Å²) in [5.74, 6) is 0.411. The Balaban J connectivity index is 1.70. The molecule has 2 aliphatic heterocycles. The summed E-state index contributed by atoms with van der Waals surface area (Å²) in [6.45, 7) is 0. The fourth-order valence-corrected chi connectivity index (χ4v) is 6.36. The highest BCUT2D eigenvalue weighted by Crippen LogP contribution is 2.44. The van der Waals surface area contributed by atoms with Gasteiger partial charge in [0.2, 0.25) is 5.91 Å². The maximum Gasteiger partial charge on any atom is 0.227 e. The van der Waals surface area contributed by atoms with Crippen LogP contribution in [0, 0.1) is 5.92 Å². The van der Waals surface area contributed by atoms with Crippen molar-refractivity contribution >= 4 is 43.4 Å². The van der Waals surface area contributed by atoms with Gasteiger partial charge in [0.1, 0.15) is 16.9 Å². The first kappa shape index (κ1) is 15.7. The van der Waals surface area contributed by atoms with E-state index < -0.39 is 9.84 Å². The van der Waals surface area contributed by atoms with Gasteiger partial charge in [-0.05, 0) is 12.1 Å². The molecule has 26 heavy (non-hydrogen) atoms. The number of ether oxygens (including phenoxy) is 1. The van der Waals surface area contributed by atoms with Gasteiger partial charge in [-0.25, -0.2) is 8.42 Å². The molecule has 0 unspecified atom stereocenters. The number of furan rings is 1. The van der Waals surface area contributed by atoms with Gasteiger partial charge in [0, 0.05) is 29.2 Å². The minimum Gasteiger partial charge on any atom is -0.495 e. The summed E-state index contributed by atoms with van der Waals surface area (Å²) in [5.41, 5.74) is 1.99. The van der Waals surface area contributed by atoms with E-state index in [4.69, 9.17) is 9.15 Å². The highest BCUT2D eigenvalue weighted by atomic mass is 32.2. The number of sulfone groups is 1. The van der Waals surface area contributed by atoms with Crippen LogP contribution in [0.2, 0.25) is 0 Å². The van der Waals surface area contributed by atoms with Gasteiger partial charge < -0.3 is 14.1 Å². The molecule has 0 radical (unpaired) electrons. The molecule has 2 saturated heterocycles. The number of nitrogens with zero attached hydrogens (tertiary/aromatic N) is 1. The molecule has 1 amide bonds. The van der Waals surface area contributed by atoms with Crippen LogP contribution in [0.25, 0.3) is 21.9 Å². The zero-order valence-corrected chi connectivity index (χ0v) is 15.0. The number of carbonyl (C=O) groups excluding carboxylic acids is 1. The Morgan fingerprint density at radius 1 is 1.12 bits per heavy atom. The number of methoxy groups -OCH3 is 1. The third-order valence-electron chi connectivity index (χ3n) is 5.41. The maximum atomic E-state index is 12.6. The van der Waals surface area contributed by atoms with Gasteiger partial charge in [0.15, 0.2) is 9.84 Å². The second-order valence-corrected chi connectivity index (χ2v) is 9.14. The van der Waals surface area contributed by atoms with E-state index in [9.17, 15) is 13.2 Å². The minimum atomic E-state index is -3.11. The van der Waals surface area contributed by atoms with E-state index in [-0.39, 0.29) is 35.8 Å². The Morgan fingerprint density at radius 3 is 2.73 bits per heavy atom. The largest absolute Gasteiger partial charge is 0.495 e. The van der Waals surface area contributed by atoms with Crippen molar-refractivity contribution in [1.29, 1.82) is 0 Å². The number of hydrogen-bond acceptors (Lipinski definition) is 5. The molecule has 0 N–H and O–H groups in total. The van der Waals surface area contributed by atoms with Crippen molar-refractivity contribution in [2.24, 2.45) is 5.92 Å². The Kier molecular flexibility index (Phi) is 3.16. The molecule has 2 aliphatic rings. The molecule has 6 nitrogen and oxygen atoms in total. The van der Waals surface area contributed by atoms with Crippen molar-refractivity contribution in [3.05, 3.63) is 36.4 Å². The number of para-hydroxylation sites is 1. The van der Waals surface area contributed by atoms with E-state index in [0.29, 0.717) is 17.0 Å². The van der Waals surface area contributed by atoms with Crippen LogP contribution in [0.4, 0.5) is 5.69 Å². The van der Waals surface area contributed by atoms with Crippen molar-refractivity contribution in [3.63, 3.8) is 0 Å². The van der Waals surface area contributed by atoms with E-state index in [1.807, 2.05) is 30.3 Å². The molecular formula is C19H17NO5S. The number of fused-ring (bicyclic) bond motifs is 4. The van der Waals surface area contributed by atoms with E-state index in [0.717, 1.165) is 16.4 Å². The standard InChI is InChI=1S/C19H17NO5S/c1-24-18-7-13-12-4-2-3-5-16(12)25-17(13)8-14(18)20-15-10-26(22,23)9-11(15)6-19(20)21/h2-5,7-8,11,15H,6,9-10H2,1H3/t11-,15+/m0/s1. The van der Waals surface area contributed by atoms with Crippen molar-refractivity contribution < 1.29 is 22.4 Å². The summed E-state index contributed by atoms with van der Waals surface area (Å²) in [7, 11) is -1.56. The van der Waals surface area contributed by atoms with Crippen molar-refractivity contribution in [2.75, 3.05) is 23.5 Å². The normalized spacial score (nSPS) is 24.5. The predicted molar refractivity (Wildman–Crippen MR) is 98.3 cm³/mol. The van der Waals surface area contributed by atoms with Crippen LogP contribution in [0.1, 0.15) is 6.42 Å². The Morgan fingerprint density at radius 2 is 1.92 bits per heavy atom. The van der Waals surface area contributed by atoms with Crippen LogP contribution in [-0.2, 0) is 14.6 Å². The zero-order chi connectivity index (χ0) is 18.1. The number of carbonyl (C=O) groups is 1. The molecular weight excluding hydrogens is 354 g/mol. The first-order valence-electron chi connectivity index (χ1n) is 8.48.